The minimum absolute atomic E-state index is 0.414. The number of rotatable bonds is 2. The predicted molar refractivity (Wildman–Crippen MR) is 94.8 cm³/mol. The molecule has 0 bridgehead atoms. The van der Waals surface area contributed by atoms with Crippen LogP contribution in [0.15, 0.2) is 42.6 Å². The highest BCUT2D eigenvalue weighted by molar-refractivity contribution is 6.31. The second kappa shape index (κ2) is 5.74. The van der Waals surface area contributed by atoms with Gasteiger partial charge in [-0.2, -0.15) is 0 Å². The van der Waals surface area contributed by atoms with Crippen LogP contribution in [0.2, 0.25) is 5.02 Å². The smallest absolute Gasteiger partial charge is 0.119 e. The summed E-state index contributed by atoms with van der Waals surface area (Å²) < 4.78 is 0. The molecule has 23 heavy (non-hydrogen) atoms. The van der Waals surface area contributed by atoms with Gasteiger partial charge in [-0.1, -0.05) is 11.6 Å². The largest absolute Gasteiger partial charge is 0.508 e. The molecule has 2 aromatic carbocycles. The van der Waals surface area contributed by atoms with Crippen LogP contribution >= 0.6 is 11.6 Å². The van der Waals surface area contributed by atoms with E-state index in [4.69, 9.17) is 11.6 Å². The number of fused-ring (bicyclic) bond motifs is 2. The molecule has 4 rings (SSSR count). The molecule has 0 amide bonds. The van der Waals surface area contributed by atoms with E-state index in [1.54, 1.807) is 12.3 Å². The van der Waals surface area contributed by atoms with Crippen molar-refractivity contribution in [1.29, 1.82) is 0 Å². The van der Waals surface area contributed by atoms with E-state index in [-0.39, 0.29) is 0 Å². The van der Waals surface area contributed by atoms with Gasteiger partial charge in [0.2, 0.25) is 0 Å². The number of pyridine rings is 1. The monoisotopic (exact) mass is 324 g/mol. The average molecular weight is 325 g/mol. The summed E-state index contributed by atoms with van der Waals surface area (Å²) in [6, 6.07) is 11.4. The summed E-state index contributed by atoms with van der Waals surface area (Å²) in [5, 5.41) is 15.3. The molecule has 0 unspecified atom stereocenters. The summed E-state index contributed by atoms with van der Waals surface area (Å²) in [7, 11) is 0. The van der Waals surface area contributed by atoms with Gasteiger partial charge in [0.05, 0.1) is 5.52 Å². The summed E-state index contributed by atoms with van der Waals surface area (Å²) in [6.07, 6.45) is 6.04. The van der Waals surface area contributed by atoms with Gasteiger partial charge in [0.25, 0.3) is 0 Å². The van der Waals surface area contributed by atoms with Gasteiger partial charge in [-0.05, 0) is 73.2 Å². The van der Waals surface area contributed by atoms with E-state index in [9.17, 15) is 5.11 Å². The van der Waals surface area contributed by atoms with E-state index < -0.39 is 0 Å². The number of halogens is 1. The first-order valence-corrected chi connectivity index (χ1v) is 8.25. The van der Waals surface area contributed by atoms with Crippen molar-refractivity contribution in [2.75, 3.05) is 5.32 Å². The summed E-state index contributed by atoms with van der Waals surface area (Å²) in [6.45, 7) is 0. The third kappa shape index (κ3) is 2.62. The van der Waals surface area contributed by atoms with Crippen LogP contribution in [0, 0.1) is 0 Å². The van der Waals surface area contributed by atoms with E-state index >= 15 is 0 Å². The third-order valence-electron chi connectivity index (χ3n) is 4.48. The lowest BCUT2D eigenvalue weighted by molar-refractivity contribution is 0.462. The lowest BCUT2D eigenvalue weighted by Crippen LogP contribution is -2.06. The number of aromatic nitrogens is 1. The van der Waals surface area contributed by atoms with Crippen molar-refractivity contribution in [1.82, 2.24) is 4.98 Å². The molecule has 1 heterocycles. The summed E-state index contributed by atoms with van der Waals surface area (Å²) in [5.74, 6) is 0.414. The third-order valence-corrected chi connectivity index (χ3v) is 4.72. The van der Waals surface area contributed by atoms with Crippen molar-refractivity contribution in [2.45, 2.75) is 25.7 Å². The Morgan fingerprint density at radius 3 is 2.65 bits per heavy atom. The van der Waals surface area contributed by atoms with Gasteiger partial charge in [-0.15, -0.1) is 0 Å². The van der Waals surface area contributed by atoms with Crippen LogP contribution in [-0.4, -0.2) is 10.1 Å². The maximum absolute atomic E-state index is 10.1. The van der Waals surface area contributed by atoms with Gasteiger partial charge in [0.15, 0.2) is 0 Å². The first-order valence-electron chi connectivity index (χ1n) is 7.87. The maximum Gasteiger partial charge on any atom is 0.119 e. The van der Waals surface area contributed by atoms with Crippen LogP contribution < -0.4 is 5.32 Å². The molecule has 1 aliphatic rings. The topological polar surface area (TPSA) is 45.1 Å². The van der Waals surface area contributed by atoms with Crippen molar-refractivity contribution in [3.05, 3.63) is 58.7 Å². The molecule has 4 heteroatoms. The average Bonchev–Trinajstić information content (AvgIpc) is 2.57. The summed E-state index contributed by atoms with van der Waals surface area (Å²) in [5.41, 5.74) is 5.26. The molecule has 1 aromatic heterocycles. The van der Waals surface area contributed by atoms with E-state index in [2.05, 4.69) is 10.3 Å². The zero-order chi connectivity index (χ0) is 15.8. The Bertz CT molecular complexity index is 892. The van der Waals surface area contributed by atoms with Crippen LogP contribution in [0.25, 0.3) is 10.9 Å². The molecule has 0 saturated carbocycles. The summed E-state index contributed by atoms with van der Waals surface area (Å²) >= 11 is 6.06. The molecule has 3 nitrogen and oxygen atoms in total. The quantitative estimate of drug-likeness (QED) is 0.635. The lowest BCUT2D eigenvalue weighted by atomic mass is 9.89. The molecule has 0 spiro atoms. The number of hydrogen-bond donors (Lipinski definition) is 2. The lowest BCUT2D eigenvalue weighted by Gasteiger charge is -2.21. The van der Waals surface area contributed by atoms with Gasteiger partial charge < -0.3 is 10.4 Å². The van der Waals surface area contributed by atoms with Gasteiger partial charge >= 0.3 is 0 Å². The molecular formula is C19H17ClN2O. The summed E-state index contributed by atoms with van der Waals surface area (Å²) in [4.78, 5) is 4.38. The molecule has 0 fully saturated rings. The highest BCUT2D eigenvalue weighted by Gasteiger charge is 2.17. The van der Waals surface area contributed by atoms with Crippen molar-refractivity contribution in [3.8, 4) is 5.75 Å². The van der Waals surface area contributed by atoms with E-state index in [1.165, 1.54) is 5.56 Å². The van der Waals surface area contributed by atoms with Crippen LogP contribution in [0.4, 0.5) is 11.4 Å². The zero-order valence-electron chi connectivity index (χ0n) is 12.6. The molecule has 0 radical (unpaired) electrons. The molecule has 0 saturated heterocycles. The molecule has 116 valence electrons. The Morgan fingerprint density at radius 2 is 1.78 bits per heavy atom. The van der Waals surface area contributed by atoms with Crippen molar-refractivity contribution >= 4 is 33.9 Å². The van der Waals surface area contributed by atoms with Crippen molar-refractivity contribution in [3.63, 3.8) is 0 Å². The molecule has 3 aromatic rings. The number of nitrogens with zero attached hydrogens (tertiary/aromatic N) is 1. The second-order valence-corrected chi connectivity index (χ2v) is 6.38. The Kier molecular flexibility index (Phi) is 3.58. The van der Waals surface area contributed by atoms with Gasteiger partial charge in [0, 0.05) is 28.0 Å². The minimum atomic E-state index is 0.414. The highest BCUT2D eigenvalue weighted by atomic mass is 35.5. The predicted octanol–water partition coefficient (Wildman–Crippen LogP) is 5.22. The number of nitrogens with one attached hydrogen (secondary N) is 1. The molecule has 0 atom stereocenters. The minimum Gasteiger partial charge on any atom is -0.508 e. The Hall–Kier alpha value is -2.26. The SMILES string of the molecule is Oc1ccc(Nc2ccnc3cc(Cl)ccc23)c2c1CCCC2. The standard InChI is InChI=1S/C19H17ClN2O/c20-12-5-6-15-17(9-10-21-18(15)11-12)22-16-7-8-19(23)14-4-2-1-3-13(14)16/h5-11,23H,1-4H2,(H,21,22). The maximum atomic E-state index is 10.1. The normalized spacial score (nSPS) is 13.8. The number of benzene rings is 2. The number of phenols is 1. The van der Waals surface area contributed by atoms with E-state index in [1.807, 2.05) is 30.3 Å². The van der Waals surface area contributed by atoms with Crippen LogP contribution in [0.1, 0.15) is 24.0 Å². The van der Waals surface area contributed by atoms with Gasteiger partial charge in [-0.3, -0.25) is 4.98 Å². The van der Waals surface area contributed by atoms with Gasteiger partial charge in [0.1, 0.15) is 5.75 Å². The Balaban J connectivity index is 1.80. The fourth-order valence-corrected chi connectivity index (χ4v) is 3.51. The molecule has 2 N–H and O–H groups in total. The first-order chi connectivity index (χ1) is 11.2. The number of phenolic OH excluding ortho intramolecular Hbond substituents is 1. The molecule has 1 aliphatic carbocycles. The molecular weight excluding hydrogens is 308 g/mol. The molecule has 0 aliphatic heterocycles. The number of hydrogen-bond acceptors (Lipinski definition) is 3. The Labute approximate surface area is 139 Å². The zero-order valence-corrected chi connectivity index (χ0v) is 13.4. The van der Waals surface area contributed by atoms with Crippen LogP contribution in [0.5, 0.6) is 5.75 Å². The van der Waals surface area contributed by atoms with Crippen molar-refractivity contribution in [2.24, 2.45) is 0 Å². The first kappa shape index (κ1) is 14.3. The van der Waals surface area contributed by atoms with Crippen LogP contribution in [0.3, 0.4) is 0 Å². The fourth-order valence-electron chi connectivity index (χ4n) is 3.34. The number of anilines is 2. The van der Waals surface area contributed by atoms with Gasteiger partial charge in [-0.25, -0.2) is 0 Å². The van der Waals surface area contributed by atoms with Crippen LogP contribution in [-0.2, 0) is 12.8 Å². The second-order valence-electron chi connectivity index (χ2n) is 5.94. The van der Waals surface area contributed by atoms with E-state index in [0.29, 0.717) is 10.8 Å². The fraction of sp³-hybridized carbons (Fsp3) is 0.211. The van der Waals surface area contributed by atoms with Crippen molar-refractivity contribution < 1.29 is 5.11 Å². The van der Waals surface area contributed by atoms with E-state index in [0.717, 1.165) is 53.5 Å². The highest BCUT2D eigenvalue weighted by Crippen LogP contribution is 2.36. The Morgan fingerprint density at radius 1 is 0.957 bits per heavy atom. The number of aromatic hydroxyl groups is 1.